The Balaban J connectivity index is 2.10. The lowest BCUT2D eigenvalue weighted by Gasteiger charge is -2.19. The second-order valence-electron chi connectivity index (χ2n) is 4.75. The molecule has 1 aromatic heterocycles. The van der Waals surface area contributed by atoms with Gasteiger partial charge in [-0.25, -0.2) is 0 Å². The molecule has 0 aliphatic carbocycles. The van der Waals surface area contributed by atoms with Crippen LogP contribution in [0.2, 0.25) is 0 Å². The van der Waals surface area contributed by atoms with Crippen molar-refractivity contribution < 1.29 is 14.4 Å². The first-order valence-corrected chi connectivity index (χ1v) is 5.92. The van der Waals surface area contributed by atoms with Gasteiger partial charge in [0.15, 0.2) is 0 Å². The van der Waals surface area contributed by atoms with Crippen LogP contribution in [0, 0.1) is 0 Å². The zero-order valence-corrected chi connectivity index (χ0v) is 10.4. The highest BCUT2D eigenvalue weighted by atomic mass is 16.5. The average Bonchev–Trinajstić information content (AvgIpc) is 2.85. The van der Waals surface area contributed by atoms with Crippen molar-refractivity contribution in [2.45, 2.75) is 44.9 Å². The van der Waals surface area contributed by atoms with Crippen LogP contribution in [-0.2, 0) is 10.3 Å². The summed E-state index contributed by atoms with van der Waals surface area (Å²) in [4.78, 5) is 4.34. The fourth-order valence-corrected chi connectivity index (χ4v) is 1.95. The number of nitrogens with one attached hydrogen (secondary N) is 1. The van der Waals surface area contributed by atoms with Gasteiger partial charge < -0.3 is 19.7 Å². The molecule has 17 heavy (non-hydrogen) atoms. The summed E-state index contributed by atoms with van der Waals surface area (Å²) in [7, 11) is 0. The van der Waals surface area contributed by atoms with Crippen molar-refractivity contribution in [3.05, 3.63) is 11.7 Å². The topological polar surface area (TPSA) is 80.4 Å². The summed E-state index contributed by atoms with van der Waals surface area (Å²) in [6.45, 7) is 6.90. The number of ether oxygens (including phenoxy) is 1. The van der Waals surface area contributed by atoms with E-state index in [1.54, 1.807) is 0 Å². The number of rotatable bonds is 4. The van der Waals surface area contributed by atoms with Gasteiger partial charge >= 0.3 is 0 Å². The van der Waals surface area contributed by atoms with Crippen molar-refractivity contribution >= 4 is 0 Å². The minimum atomic E-state index is -0.548. The second-order valence-corrected chi connectivity index (χ2v) is 4.75. The fourth-order valence-electron chi connectivity index (χ4n) is 1.95. The lowest BCUT2D eigenvalue weighted by Crippen LogP contribution is -2.23. The van der Waals surface area contributed by atoms with Gasteiger partial charge in [0.1, 0.15) is 5.60 Å². The third kappa shape index (κ3) is 2.65. The highest BCUT2D eigenvalue weighted by Gasteiger charge is 2.32. The molecular formula is C11H19N3O3. The maximum absolute atomic E-state index is 9.43. The summed E-state index contributed by atoms with van der Waals surface area (Å²) in [5.74, 6) is 1.06. The van der Waals surface area contributed by atoms with E-state index in [1.807, 2.05) is 20.8 Å². The van der Waals surface area contributed by atoms with Crippen LogP contribution in [0.25, 0.3) is 0 Å². The maximum Gasteiger partial charge on any atom is 0.243 e. The number of hydrogen-bond acceptors (Lipinski definition) is 6. The first kappa shape index (κ1) is 12.5. The molecule has 0 saturated carbocycles. The monoisotopic (exact) mass is 241 g/mol. The molecule has 2 rings (SSSR count). The molecule has 1 unspecified atom stereocenters. The lowest BCUT2D eigenvalue weighted by atomic mass is 10.1. The van der Waals surface area contributed by atoms with Crippen LogP contribution in [-0.4, -0.2) is 34.5 Å². The van der Waals surface area contributed by atoms with E-state index in [0.29, 0.717) is 31.3 Å². The van der Waals surface area contributed by atoms with E-state index in [-0.39, 0.29) is 12.1 Å². The maximum atomic E-state index is 9.43. The number of aromatic nitrogens is 2. The summed E-state index contributed by atoms with van der Waals surface area (Å²) in [6, 6.07) is -0.0522. The molecule has 96 valence electrons. The molecule has 6 heteroatoms. The van der Waals surface area contributed by atoms with E-state index in [9.17, 15) is 5.11 Å². The Hall–Kier alpha value is -0.980. The van der Waals surface area contributed by atoms with Crippen molar-refractivity contribution in [1.29, 1.82) is 0 Å². The molecular weight excluding hydrogens is 222 g/mol. The average molecular weight is 241 g/mol. The number of β-amino-alcohol motifs (C(OH)–C–C–N with tert-alkyl or cyclic N) is 1. The normalized spacial score (nSPS) is 25.4. The van der Waals surface area contributed by atoms with E-state index in [0.717, 1.165) is 0 Å². The standard InChI is InChI=1S/C11H19N3O3/c1-4-16-11(2,3)10-13-9(17-14-10)8-5-7(15)6-12-8/h7-8,12,15H,4-6H2,1-3H3/t7?,8-/m0/s1. The molecule has 1 aliphatic heterocycles. The minimum absolute atomic E-state index is 0.0522. The van der Waals surface area contributed by atoms with Crippen LogP contribution < -0.4 is 5.32 Å². The molecule has 1 fully saturated rings. The van der Waals surface area contributed by atoms with Crippen molar-refractivity contribution in [2.24, 2.45) is 0 Å². The smallest absolute Gasteiger partial charge is 0.243 e. The summed E-state index contributed by atoms with van der Waals surface area (Å²) in [5.41, 5.74) is -0.548. The Kier molecular flexibility index (Phi) is 3.46. The van der Waals surface area contributed by atoms with E-state index < -0.39 is 5.60 Å². The van der Waals surface area contributed by atoms with Gasteiger partial charge in [-0.1, -0.05) is 5.16 Å². The molecule has 0 bridgehead atoms. The minimum Gasteiger partial charge on any atom is -0.392 e. The molecule has 2 atom stereocenters. The van der Waals surface area contributed by atoms with Gasteiger partial charge in [0.05, 0.1) is 12.1 Å². The SMILES string of the molecule is CCOC(C)(C)c1noc([C@@H]2CC(O)CN2)n1. The summed E-state index contributed by atoms with van der Waals surface area (Å²) < 4.78 is 10.8. The van der Waals surface area contributed by atoms with Crippen molar-refractivity contribution in [2.75, 3.05) is 13.2 Å². The number of hydrogen-bond donors (Lipinski definition) is 2. The van der Waals surface area contributed by atoms with Crippen LogP contribution >= 0.6 is 0 Å². The lowest BCUT2D eigenvalue weighted by molar-refractivity contribution is -0.0221. The van der Waals surface area contributed by atoms with Gasteiger partial charge in [-0.15, -0.1) is 0 Å². The molecule has 0 radical (unpaired) electrons. The predicted octanol–water partition coefficient (Wildman–Crippen LogP) is 0.736. The van der Waals surface area contributed by atoms with E-state index in [4.69, 9.17) is 9.26 Å². The molecule has 0 aromatic carbocycles. The Labute approximate surface area is 100 Å². The molecule has 2 heterocycles. The highest BCUT2D eigenvalue weighted by molar-refractivity contribution is 5.02. The number of nitrogens with zero attached hydrogens (tertiary/aromatic N) is 2. The van der Waals surface area contributed by atoms with Crippen LogP contribution in [0.5, 0.6) is 0 Å². The molecule has 1 aliphatic rings. The van der Waals surface area contributed by atoms with E-state index >= 15 is 0 Å². The molecule has 6 nitrogen and oxygen atoms in total. The van der Waals surface area contributed by atoms with E-state index in [1.165, 1.54) is 0 Å². The van der Waals surface area contributed by atoms with Gasteiger partial charge in [0.2, 0.25) is 11.7 Å². The van der Waals surface area contributed by atoms with E-state index in [2.05, 4.69) is 15.5 Å². The van der Waals surface area contributed by atoms with Crippen LogP contribution in [0.15, 0.2) is 4.52 Å². The Bertz CT molecular complexity index is 378. The van der Waals surface area contributed by atoms with Crippen molar-refractivity contribution in [3.63, 3.8) is 0 Å². The molecule has 2 N–H and O–H groups in total. The van der Waals surface area contributed by atoms with Gasteiger partial charge in [-0.2, -0.15) is 4.98 Å². The molecule has 0 amide bonds. The summed E-state index contributed by atoms with van der Waals surface area (Å²) >= 11 is 0. The first-order chi connectivity index (χ1) is 8.03. The zero-order chi connectivity index (χ0) is 12.5. The van der Waals surface area contributed by atoms with Crippen LogP contribution in [0.4, 0.5) is 0 Å². The largest absolute Gasteiger partial charge is 0.392 e. The van der Waals surface area contributed by atoms with Gasteiger partial charge in [0.25, 0.3) is 0 Å². The van der Waals surface area contributed by atoms with Gasteiger partial charge in [-0.3, -0.25) is 0 Å². The van der Waals surface area contributed by atoms with Gasteiger partial charge in [-0.05, 0) is 27.2 Å². The molecule has 0 spiro atoms. The zero-order valence-electron chi connectivity index (χ0n) is 10.4. The molecule has 1 aromatic rings. The Morgan fingerprint density at radius 1 is 1.59 bits per heavy atom. The summed E-state index contributed by atoms with van der Waals surface area (Å²) in [5, 5.41) is 16.5. The number of aliphatic hydroxyl groups excluding tert-OH is 1. The Morgan fingerprint density at radius 2 is 2.35 bits per heavy atom. The van der Waals surface area contributed by atoms with Crippen LogP contribution in [0.1, 0.15) is 44.9 Å². The highest BCUT2D eigenvalue weighted by Crippen LogP contribution is 2.26. The number of aliphatic hydroxyl groups is 1. The third-order valence-corrected chi connectivity index (χ3v) is 2.89. The predicted molar refractivity (Wildman–Crippen MR) is 60.3 cm³/mol. The quantitative estimate of drug-likeness (QED) is 0.809. The second kappa shape index (κ2) is 4.72. The fraction of sp³-hybridized carbons (Fsp3) is 0.818. The van der Waals surface area contributed by atoms with Crippen molar-refractivity contribution in [1.82, 2.24) is 15.5 Å². The summed E-state index contributed by atoms with van der Waals surface area (Å²) in [6.07, 6.45) is 0.270. The Morgan fingerprint density at radius 3 is 2.94 bits per heavy atom. The first-order valence-electron chi connectivity index (χ1n) is 5.92. The van der Waals surface area contributed by atoms with Crippen molar-refractivity contribution in [3.8, 4) is 0 Å². The van der Waals surface area contributed by atoms with Crippen LogP contribution in [0.3, 0.4) is 0 Å². The van der Waals surface area contributed by atoms with Gasteiger partial charge in [0, 0.05) is 13.2 Å². The third-order valence-electron chi connectivity index (χ3n) is 2.89. The molecule has 1 saturated heterocycles.